The number of phenols is 2. The largest absolute Gasteiger partial charge is 0.508 e. The van der Waals surface area contributed by atoms with Gasteiger partial charge in [0.2, 0.25) is 0 Å². The first kappa shape index (κ1) is 16.7. The Balaban J connectivity index is 1.87. The van der Waals surface area contributed by atoms with E-state index < -0.39 is 17.4 Å². The van der Waals surface area contributed by atoms with Crippen molar-refractivity contribution in [3.63, 3.8) is 0 Å². The zero-order valence-electron chi connectivity index (χ0n) is 12.2. The number of hydrogen-bond donors (Lipinski definition) is 3. The maximum absolute atomic E-state index is 11.6. The molecular formula is C15H13N3O6. The molecule has 1 amide bonds. The van der Waals surface area contributed by atoms with Crippen molar-refractivity contribution in [2.75, 3.05) is 6.61 Å². The molecule has 0 aliphatic heterocycles. The zero-order valence-corrected chi connectivity index (χ0v) is 12.2. The number of carbonyl (C=O) groups is 1. The fourth-order valence-electron chi connectivity index (χ4n) is 1.69. The van der Waals surface area contributed by atoms with Gasteiger partial charge in [0.25, 0.3) is 11.6 Å². The highest BCUT2D eigenvalue weighted by atomic mass is 16.6. The molecule has 0 unspecified atom stereocenters. The fraction of sp³-hybridized carbons (Fsp3) is 0.0667. The third kappa shape index (κ3) is 4.70. The Hall–Kier alpha value is -3.62. The third-order valence-electron chi connectivity index (χ3n) is 2.80. The summed E-state index contributed by atoms with van der Waals surface area (Å²) in [6, 6.07) is 9.27. The first-order valence-corrected chi connectivity index (χ1v) is 6.67. The number of ether oxygens (including phenoxy) is 1. The number of nitrogens with one attached hydrogen (secondary N) is 1. The molecule has 2 rings (SSSR count). The van der Waals surface area contributed by atoms with Crippen molar-refractivity contribution in [3.8, 4) is 17.2 Å². The number of non-ortho nitro benzene ring substituents is 1. The maximum Gasteiger partial charge on any atom is 0.277 e. The fourth-order valence-corrected chi connectivity index (χ4v) is 1.69. The second-order valence-corrected chi connectivity index (χ2v) is 4.58. The molecule has 0 bridgehead atoms. The molecular weight excluding hydrogens is 318 g/mol. The van der Waals surface area contributed by atoms with Gasteiger partial charge in [-0.05, 0) is 24.3 Å². The van der Waals surface area contributed by atoms with Crippen LogP contribution in [0.25, 0.3) is 0 Å². The van der Waals surface area contributed by atoms with Gasteiger partial charge in [0.15, 0.2) is 6.61 Å². The molecule has 0 fully saturated rings. The van der Waals surface area contributed by atoms with Gasteiger partial charge in [-0.2, -0.15) is 5.10 Å². The highest BCUT2D eigenvalue weighted by Crippen LogP contribution is 2.20. The Morgan fingerprint density at radius 2 is 2.08 bits per heavy atom. The van der Waals surface area contributed by atoms with Gasteiger partial charge in [-0.25, -0.2) is 5.43 Å². The molecule has 0 heterocycles. The number of nitro benzene ring substituents is 1. The van der Waals surface area contributed by atoms with Crippen LogP contribution in [0.3, 0.4) is 0 Å². The van der Waals surface area contributed by atoms with Crippen LogP contribution in [-0.2, 0) is 4.79 Å². The van der Waals surface area contributed by atoms with Crippen LogP contribution in [0.2, 0.25) is 0 Å². The molecule has 0 saturated carbocycles. The number of phenolic OH excluding ortho intramolecular Hbond substituents is 2. The number of hydrazone groups is 1. The van der Waals surface area contributed by atoms with E-state index in [1.165, 1.54) is 42.5 Å². The smallest absolute Gasteiger partial charge is 0.277 e. The second kappa shape index (κ2) is 7.58. The van der Waals surface area contributed by atoms with E-state index in [0.29, 0.717) is 0 Å². The van der Waals surface area contributed by atoms with Gasteiger partial charge in [-0.3, -0.25) is 14.9 Å². The molecule has 3 N–H and O–H groups in total. The van der Waals surface area contributed by atoms with E-state index in [1.54, 1.807) is 0 Å². The average Bonchev–Trinajstić information content (AvgIpc) is 2.56. The molecule has 0 aromatic heterocycles. The van der Waals surface area contributed by atoms with Crippen molar-refractivity contribution < 1.29 is 24.7 Å². The van der Waals surface area contributed by atoms with E-state index in [1.807, 2.05) is 0 Å². The van der Waals surface area contributed by atoms with Crippen molar-refractivity contribution in [1.29, 1.82) is 0 Å². The van der Waals surface area contributed by atoms with Gasteiger partial charge in [0.05, 0.1) is 17.2 Å². The summed E-state index contributed by atoms with van der Waals surface area (Å²) in [5.41, 5.74) is 2.23. The van der Waals surface area contributed by atoms with Crippen molar-refractivity contribution >= 4 is 17.8 Å². The predicted octanol–water partition coefficient (Wildman–Crippen LogP) is 1.54. The standard InChI is InChI=1S/C15H13N3O6/c19-12-4-5-14(20)10(6-12)8-16-17-15(21)9-24-13-3-1-2-11(7-13)18(22)23/h1-8,19-20H,9H2,(H,17,21)/b16-8+. The van der Waals surface area contributed by atoms with Gasteiger partial charge >= 0.3 is 0 Å². The van der Waals surface area contributed by atoms with Crippen LogP contribution in [0.15, 0.2) is 47.6 Å². The Labute approximate surface area is 136 Å². The number of nitro groups is 1. The van der Waals surface area contributed by atoms with E-state index in [0.717, 1.165) is 6.21 Å². The summed E-state index contributed by atoms with van der Waals surface area (Å²) in [6.45, 7) is -0.398. The third-order valence-corrected chi connectivity index (χ3v) is 2.80. The van der Waals surface area contributed by atoms with Crippen molar-refractivity contribution in [2.24, 2.45) is 5.10 Å². The number of carbonyl (C=O) groups excluding carboxylic acids is 1. The molecule has 0 radical (unpaired) electrons. The van der Waals surface area contributed by atoms with Crippen molar-refractivity contribution in [3.05, 3.63) is 58.1 Å². The Bertz CT molecular complexity index is 791. The van der Waals surface area contributed by atoms with Gasteiger partial charge in [0, 0.05) is 11.6 Å². The predicted molar refractivity (Wildman–Crippen MR) is 84.1 cm³/mol. The lowest BCUT2D eigenvalue weighted by molar-refractivity contribution is -0.384. The summed E-state index contributed by atoms with van der Waals surface area (Å²) in [4.78, 5) is 21.6. The van der Waals surface area contributed by atoms with Crippen molar-refractivity contribution in [2.45, 2.75) is 0 Å². The summed E-state index contributed by atoms with van der Waals surface area (Å²) in [7, 11) is 0. The van der Waals surface area contributed by atoms with Crippen LogP contribution in [0, 0.1) is 10.1 Å². The number of nitrogens with zero attached hydrogens (tertiary/aromatic N) is 2. The summed E-state index contributed by atoms with van der Waals surface area (Å²) in [5, 5.41) is 33.1. The second-order valence-electron chi connectivity index (χ2n) is 4.58. The van der Waals surface area contributed by atoms with Gasteiger partial charge in [-0.15, -0.1) is 0 Å². The van der Waals surface area contributed by atoms with Crippen LogP contribution in [-0.4, -0.2) is 33.9 Å². The van der Waals surface area contributed by atoms with E-state index in [2.05, 4.69) is 10.5 Å². The topological polar surface area (TPSA) is 134 Å². The normalized spacial score (nSPS) is 10.5. The van der Waals surface area contributed by atoms with E-state index in [4.69, 9.17) is 4.74 Å². The molecule has 24 heavy (non-hydrogen) atoms. The molecule has 0 aliphatic carbocycles. The Morgan fingerprint density at radius 1 is 1.29 bits per heavy atom. The number of amides is 1. The number of rotatable bonds is 6. The van der Waals surface area contributed by atoms with Crippen LogP contribution in [0.1, 0.15) is 5.56 Å². The van der Waals surface area contributed by atoms with Gasteiger partial charge in [-0.1, -0.05) is 6.07 Å². The van der Waals surface area contributed by atoms with Crippen molar-refractivity contribution in [1.82, 2.24) is 5.43 Å². The molecule has 0 aliphatic rings. The van der Waals surface area contributed by atoms with E-state index in [-0.39, 0.29) is 28.5 Å². The molecule has 2 aromatic carbocycles. The lowest BCUT2D eigenvalue weighted by Gasteiger charge is -2.04. The SMILES string of the molecule is O=C(COc1cccc([N+](=O)[O-])c1)N/N=C/c1cc(O)ccc1O. The summed E-state index contributed by atoms with van der Waals surface area (Å²) in [5.74, 6) is -0.598. The molecule has 9 nitrogen and oxygen atoms in total. The highest BCUT2D eigenvalue weighted by Gasteiger charge is 2.08. The Morgan fingerprint density at radius 3 is 2.83 bits per heavy atom. The van der Waals surface area contributed by atoms with Crippen LogP contribution < -0.4 is 10.2 Å². The number of aromatic hydroxyl groups is 2. The minimum absolute atomic E-state index is 0.0606. The van der Waals surface area contributed by atoms with Crippen LogP contribution in [0.4, 0.5) is 5.69 Å². The number of hydrogen-bond acceptors (Lipinski definition) is 7. The van der Waals surface area contributed by atoms with Gasteiger partial charge < -0.3 is 14.9 Å². The maximum atomic E-state index is 11.6. The first-order chi connectivity index (χ1) is 11.5. The molecule has 0 atom stereocenters. The van der Waals surface area contributed by atoms with Crippen LogP contribution in [0.5, 0.6) is 17.2 Å². The molecule has 9 heteroatoms. The summed E-state index contributed by atoms with van der Waals surface area (Å²) < 4.78 is 5.12. The molecule has 2 aromatic rings. The summed E-state index contributed by atoms with van der Waals surface area (Å²) >= 11 is 0. The minimum Gasteiger partial charge on any atom is -0.508 e. The zero-order chi connectivity index (χ0) is 17.5. The molecule has 124 valence electrons. The first-order valence-electron chi connectivity index (χ1n) is 6.67. The highest BCUT2D eigenvalue weighted by molar-refractivity contribution is 5.85. The monoisotopic (exact) mass is 331 g/mol. The van der Waals surface area contributed by atoms with E-state index >= 15 is 0 Å². The lowest BCUT2D eigenvalue weighted by atomic mass is 10.2. The summed E-state index contributed by atoms with van der Waals surface area (Å²) in [6.07, 6.45) is 1.15. The minimum atomic E-state index is -0.600. The lowest BCUT2D eigenvalue weighted by Crippen LogP contribution is -2.24. The number of benzene rings is 2. The van der Waals surface area contributed by atoms with E-state index in [9.17, 15) is 25.1 Å². The average molecular weight is 331 g/mol. The quantitative estimate of drug-likeness (QED) is 0.318. The Kier molecular flexibility index (Phi) is 5.29. The van der Waals surface area contributed by atoms with Crippen LogP contribution >= 0.6 is 0 Å². The molecule has 0 spiro atoms. The molecule has 0 saturated heterocycles. The van der Waals surface area contributed by atoms with Gasteiger partial charge in [0.1, 0.15) is 17.2 Å².